The summed E-state index contributed by atoms with van der Waals surface area (Å²) in [5.41, 5.74) is 5.69. The zero-order valence-corrected chi connectivity index (χ0v) is 21.5. The third kappa shape index (κ3) is 6.46. The van der Waals surface area contributed by atoms with Gasteiger partial charge in [-0.1, -0.05) is 31.0 Å². The number of methoxy groups -OCH3 is 1. The molecule has 4 N–H and O–H groups in total. The maximum atomic E-state index is 12.6. The fraction of sp³-hybridized carbons (Fsp3) is 0.286. The van der Waals surface area contributed by atoms with Crippen molar-refractivity contribution in [2.45, 2.75) is 32.1 Å². The van der Waals surface area contributed by atoms with E-state index in [0.717, 1.165) is 41.4 Å². The van der Waals surface area contributed by atoms with E-state index in [0.29, 0.717) is 42.3 Å². The van der Waals surface area contributed by atoms with Crippen LogP contribution in [-0.4, -0.2) is 45.2 Å². The van der Waals surface area contributed by atoms with Crippen molar-refractivity contribution in [2.24, 2.45) is 7.05 Å². The van der Waals surface area contributed by atoms with Crippen LogP contribution in [0.2, 0.25) is 0 Å². The van der Waals surface area contributed by atoms with Gasteiger partial charge in [-0.25, -0.2) is 15.4 Å². The Labute approximate surface area is 221 Å². The number of ether oxygens (including phenoxy) is 1. The molecule has 0 aliphatic carbocycles. The Balaban J connectivity index is 1.37. The lowest BCUT2D eigenvalue weighted by Gasteiger charge is -2.12. The molecule has 0 saturated heterocycles. The van der Waals surface area contributed by atoms with E-state index < -0.39 is 0 Å². The molecule has 198 valence electrons. The van der Waals surface area contributed by atoms with Crippen molar-refractivity contribution >= 4 is 34.4 Å². The molecule has 10 heteroatoms. The average Bonchev–Trinajstić information content (AvgIpc) is 3.29. The van der Waals surface area contributed by atoms with E-state index in [1.54, 1.807) is 37.0 Å². The number of carbonyl (C=O) groups is 2. The van der Waals surface area contributed by atoms with Crippen LogP contribution in [-0.2, 0) is 11.8 Å². The van der Waals surface area contributed by atoms with E-state index in [1.807, 2.05) is 25.2 Å². The van der Waals surface area contributed by atoms with Crippen LogP contribution in [0.15, 0.2) is 60.9 Å². The molecule has 4 aromatic rings. The summed E-state index contributed by atoms with van der Waals surface area (Å²) in [6.07, 6.45) is 7.28. The van der Waals surface area contributed by atoms with Gasteiger partial charge in [0.1, 0.15) is 5.75 Å². The van der Waals surface area contributed by atoms with E-state index in [1.165, 1.54) is 0 Å². The summed E-state index contributed by atoms with van der Waals surface area (Å²) in [4.78, 5) is 32.7. The number of carbonyl (C=O) groups excluding carboxylic acids is 2. The van der Waals surface area contributed by atoms with Crippen molar-refractivity contribution in [3.8, 4) is 17.0 Å². The number of rotatable bonds is 12. The molecule has 0 aliphatic rings. The van der Waals surface area contributed by atoms with Gasteiger partial charge in [0, 0.05) is 54.4 Å². The minimum atomic E-state index is -0.380. The summed E-state index contributed by atoms with van der Waals surface area (Å²) in [7, 11) is 3.56. The first kappa shape index (κ1) is 26.6. The maximum Gasteiger partial charge on any atom is 0.251 e. The molecule has 2 heterocycles. The van der Waals surface area contributed by atoms with Gasteiger partial charge in [-0.3, -0.25) is 14.8 Å². The van der Waals surface area contributed by atoms with Gasteiger partial charge >= 0.3 is 0 Å². The number of para-hydroxylation sites is 1. The third-order valence-corrected chi connectivity index (χ3v) is 6.28. The van der Waals surface area contributed by atoms with Gasteiger partial charge in [-0.15, -0.1) is 0 Å². The van der Waals surface area contributed by atoms with Gasteiger partial charge in [0.25, 0.3) is 5.91 Å². The fourth-order valence-corrected chi connectivity index (χ4v) is 4.29. The number of nitrogens with one attached hydrogen (secondary N) is 3. The standard InChI is InChI=1S/C28H32N6O4/c1-34-18-21(20-9-6-7-10-24(20)34)22-14-16-30-28(31-22)32-23-13-12-19(17-25(23)38-2)27(36)29-15-8-4-3-5-11-26(35)33-37/h6-7,9-10,12-14,16-18,37H,3-5,8,11,15H2,1-2H3,(H,29,36)(H,33,35)(H,30,31,32). The molecule has 0 fully saturated rings. The van der Waals surface area contributed by atoms with Gasteiger partial charge < -0.3 is 19.9 Å². The highest BCUT2D eigenvalue weighted by Gasteiger charge is 2.13. The lowest BCUT2D eigenvalue weighted by Crippen LogP contribution is -2.24. The lowest BCUT2D eigenvalue weighted by atomic mass is 10.1. The number of hydroxylamine groups is 1. The topological polar surface area (TPSA) is 130 Å². The van der Waals surface area contributed by atoms with Crippen LogP contribution in [0.1, 0.15) is 42.5 Å². The maximum absolute atomic E-state index is 12.6. The van der Waals surface area contributed by atoms with Crippen molar-refractivity contribution in [3.63, 3.8) is 0 Å². The number of hydrogen-bond acceptors (Lipinski definition) is 7. The number of fused-ring (bicyclic) bond motifs is 1. The molecule has 0 radical (unpaired) electrons. The first-order valence-corrected chi connectivity index (χ1v) is 12.5. The molecule has 38 heavy (non-hydrogen) atoms. The summed E-state index contributed by atoms with van der Waals surface area (Å²) in [5.74, 6) is 0.347. The van der Waals surface area contributed by atoms with Gasteiger partial charge in [0.2, 0.25) is 11.9 Å². The molecule has 2 amide bonds. The second-order valence-corrected chi connectivity index (χ2v) is 8.93. The number of aryl methyl sites for hydroxylation is 1. The second kappa shape index (κ2) is 12.7. The Morgan fingerprint density at radius 3 is 2.68 bits per heavy atom. The fourth-order valence-electron chi connectivity index (χ4n) is 4.29. The molecule has 0 unspecified atom stereocenters. The van der Waals surface area contributed by atoms with Gasteiger partial charge in [-0.05, 0) is 43.2 Å². The van der Waals surface area contributed by atoms with Gasteiger partial charge in [0.05, 0.1) is 18.5 Å². The zero-order chi connectivity index (χ0) is 26.9. The van der Waals surface area contributed by atoms with Crippen LogP contribution in [0.25, 0.3) is 22.2 Å². The van der Waals surface area contributed by atoms with Crippen LogP contribution in [0.5, 0.6) is 5.75 Å². The minimum absolute atomic E-state index is 0.191. The highest BCUT2D eigenvalue weighted by atomic mass is 16.5. The van der Waals surface area contributed by atoms with Crippen LogP contribution in [0.3, 0.4) is 0 Å². The quantitative estimate of drug-likeness (QED) is 0.123. The summed E-state index contributed by atoms with van der Waals surface area (Å²) >= 11 is 0. The Bertz CT molecular complexity index is 1420. The molecule has 0 atom stereocenters. The summed E-state index contributed by atoms with van der Waals surface area (Å²) < 4.78 is 7.61. The summed E-state index contributed by atoms with van der Waals surface area (Å²) in [5, 5.41) is 15.7. The highest BCUT2D eigenvalue weighted by Crippen LogP contribution is 2.31. The van der Waals surface area contributed by atoms with Crippen molar-refractivity contribution < 1.29 is 19.5 Å². The monoisotopic (exact) mass is 516 g/mol. The van der Waals surface area contributed by atoms with Crippen LogP contribution < -0.4 is 20.9 Å². The lowest BCUT2D eigenvalue weighted by molar-refractivity contribution is -0.129. The SMILES string of the molecule is COc1cc(C(=O)NCCCCCCC(=O)NO)ccc1Nc1nccc(-c2cn(C)c3ccccc23)n1. The summed E-state index contributed by atoms with van der Waals surface area (Å²) in [6, 6.07) is 15.2. The molecule has 0 spiro atoms. The highest BCUT2D eigenvalue weighted by molar-refractivity contribution is 5.96. The molecular weight excluding hydrogens is 484 g/mol. The number of unbranched alkanes of at least 4 members (excludes halogenated alkanes) is 3. The number of nitrogens with zero attached hydrogens (tertiary/aromatic N) is 3. The molecule has 2 aromatic heterocycles. The van der Waals surface area contributed by atoms with E-state index >= 15 is 0 Å². The molecule has 2 aromatic carbocycles. The Kier molecular flexibility index (Phi) is 8.89. The van der Waals surface area contributed by atoms with Crippen LogP contribution in [0.4, 0.5) is 11.6 Å². The van der Waals surface area contributed by atoms with E-state index in [9.17, 15) is 9.59 Å². The molecular formula is C28H32N6O4. The predicted octanol–water partition coefficient (Wildman–Crippen LogP) is 4.57. The molecule has 0 bridgehead atoms. The smallest absolute Gasteiger partial charge is 0.251 e. The van der Waals surface area contributed by atoms with Crippen molar-refractivity contribution in [3.05, 3.63) is 66.5 Å². The van der Waals surface area contributed by atoms with E-state index in [4.69, 9.17) is 14.9 Å². The Hall–Kier alpha value is -4.44. The molecule has 4 rings (SSSR count). The zero-order valence-electron chi connectivity index (χ0n) is 21.5. The van der Waals surface area contributed by atoms with Crippen LogP contribution in [0, 0.1) is 0 Å². The third-order valence-electron chi connectivity index (χ3n) is 6.28. The van der Waals surface area contributed by atoms with Crippen LogP contribution >= 0.6 is 0 Å². The number of benzene rings is 2. The molecule has 0 saturated carbocycles. The van der Waals surface area contributed by atoms with E-state index in [-0.39, 0.29) is 11.8 Å². The van der Waals surface area contributed by atoms with Gasteiger partial charge in [0.15, 0.2) is 0 Å². The number of aromatic nitrogens is 3. The number of amides is 2. The first-order chi connectivity index (χ1) is 18.5. The second-order valence-electron chi connectivity index (χ2n) is 8.93. The summed E-state index contributed by atoms with van der Waals surface area (Å²) in [6.45, 7) is 0.530. The van der Waals surface area contributed by atoms with Crippen molar-refractivity contribution in [1.29, 1.82) is 0 Å². The molecule has 10 nitrogen and oxygen atoms in total. The minimum Gasteiger partial charge on any atom is -0.495 e. The van der Waals surface area contributed by atoms with Crippen molar-refractivity contribution in [1.82, 2.24) is 25.3 Å². The Morgan fingerprint density at radius 1 is 1.05 bits per heavy atom. The van der Waals surface area contributed by atoms with E-state index in [2.05, 4.69) is 38.5 Å². The number of anilines is 2. The van der Waals surface area contributed by atoms with Gasteiger partial charge in [-0.2, -0.15) is 0 Å². The number of hydrogen-bond donors (Lipinski definition) is 4. The Morgan fingerprint density at radius 2 is 1.87 bits per heavy atom. The average molecular weight is 517 g/mol. The normalized spacial score (nSPS) is 10.8. The largest absolute Gasteiger partial charge is 0.495 e. The molecule has 0 aliphatic heterocycles. The first-order valence-electron chi connectivity index (χ1n) is 12.5. The van der Waals surface area contributed by atoms with Crippen molar-refractivity contribution in [2.75, 3.05) is 19.0 Å². The predicted molar refractivity (Wildman–Crippen MR) is 146 cm³/mol.